The number of alkyl halides is 3. The van der Waals surface area contributed by atoms with Crippen molar-refractivity contribution in [1.82, 2.24) is 19.6 Å². The van der Waals surface area contributed by atoms with Crippen molar-refractivity contribution in [3.8, 4) is 0 Å². The molecule has 0 bridgehead atoms. The van der Waals surface area contributed by atoms with Crippen molar-refractivity contribution < 1.29 is 18.3 Å². The first-order valence-corrected chi connectivity index (χ1v) is 8.39. The van der Waals surface area contributed by atoms with E-state index in [0.717, 1.165) is 10.8 Å². The first kappa shape index (κ1) is 17.0. The van der Waals surface area contributed by atoms with Crippen molar-refractivity contribution in [3.63, 3.8) is 0 Å². The highest BCUT2D eigenvalue weighted by Gasteiger charge is 2.38. The van der Waals surface area contributed by atoms with Crippen LogP contribution in [0.1, 0.15) is 19.2 Å². The third kappa shape index (κ3) is 3.05. The number of benzene rings is 1. The molecule has 0 fully saturated rings. The molecule has 0 aliphatic carbocycles. The van der Waals surface area contributed by atoms with E-state index in [1.54, 1.807) is 24.3 Å². The highest BCUT2D eigenvalue weighted by atomic mass is 32.2. The summed E-state index contributed by atoms with van der Waals surface area (Å²) < 4.78 is 40.8. The van der Waals surface area contributed by atoms with Crippen LogP contribution in [0.15, 0.2) is 29.3 Å². The van der Waals surface area contributed by atoms with Gasteiger partial charge in [-0.05, 0) is 18.1 Å². The Hall–Kier alpha value is -1.87. The van der Waals surface area contributed by atoms with E-state index >= 15 is 0 Å². The van der Waals surface area contributed by atoms with Gasteiger partial charge in [-0.3, -0.25) is 4.40 Å². The van der Waals surface area contributed by atoms with Gasteiger partial charge in [0.15, 0.2) is 5.65 Å². The molecule has 0 saturated carbocycles. The van der Waals surface area contributed by atoms with Gasteiger partial charge < -0.3 is 5.11 Å². The quantitative estimate of drug-likeness (QED) is 0.710. The van der Waals surface area contributed by atoms with Crippen molar-refractivity contribution in [2.24, 2.45) is 5.92 Å². The van der Waals surface area contributed by atoms with Gasteiger partial charge in [-0.2, -0.15) is 13.2 Å². The monoisotopic (exact) mass is 356 g/mol. The first-order valence-electron chi connectivity index (χ1n) is 7.40. The minimum atomic E-state index is -4.61. The Morgan fingerprint density at radius 2 is 2.00 bits per heavy atom. The van der Waals surface area contributed by atoms with Crippen molar-refractivity contribution in [2.75, 3.05) is 12.4 Å². The molecular weight excluding hydrogens is 341 g/mol. The lowest BCUT2D eigenvalue weighted by Gasteiger charge is -2.12. The Balaban J connectivity index is 2.17. The normalized spacial score (nSPS) is 13.7. The molecule has 5 nitrogen and oxygen atoms in total. The molecule has 9 heteroatoms. The van der Waals surface area contributed by atoms with Gasteiger partial charge in [0.2, 0.25) is 5.82 Å². The molecule has 1 aromatic carbocycles. The molecule has 0 saturated heterocycles. The van der Waals surface area contributed by atoms with Crippen LogP contribution in [-0.4, -0.2) is 37.0 Å². The summed E-state index contributed by atoms with van der Waals surface area (Å²) in [4.78, 5) is 4.43. The summed E-state index contributed by atoms with van der Waals surface area (Å²) in [7, 11) is 0. The Morgan fingerprint density at radius 1 is 1.25 bits per heavy atom. The van der Waals surface area contributed by atoms with Crippen molar-refractivity contribution in [1.29, 1.82) is 0 Å². The number of thioether (sulfide) groups is 1. The van der Waals surface area contributed by atoms with Crippen LogP contribution in [0.2, 0.25) is 0 Å². The van der Waals surface area contributed by atoms with Gasteiger partial charge in [-0.15, -0.1) is 22.0 Å². The maximum atomic E-state index is 13.3. The van der Waals surface area contributed by atoms with Crippen LogP contribution in [0.4, 0.5) is 13.2 Å². The second kappa shape index (κ2) is 6.56. The molecule has 1 atom stereocenters. The van der Waals surface area contributed by atoms with E-state index in [-0.39, 0.29) is 18.2 Å². The number of para-hydroxylation sites is 2. The molecule has 2 heterocycles. The fraction of sp³-hybridized carbons (Fsp3) is 0.400. The molecule has 0 radical (unpaired) electrons. The zero-order valence-electron chi connectivity index (χ0n) is 12.8. The summed E-state index contributed by atoms with van der Waals surface area (Å²) in [6.07, 6.45) is -3.84. The number of aliphatic hydroxyl groups is 1. The van der Waals surface area contributed by atoms with Gasteiger partial charge in [-0.25, -0.2) is 4.98 Å². The molecule has 1 N–H and O–H groups in total. The summed E-state index contributed by atoms with van der Waals surface area (Å²) in [5.41, 5.74) is 0.831. The summed E-state index contributed by atoms with van der Waals surface area (Å²) >= 11 is 1.28. The summed E-state index contributed by atoms with van der Waals surface area (Å²) in [6, 6.07) is 6.58. The van der Waals surface area contributed by atoms with Crippen LogP contribution in [0.3, 0.4) is 0 Å². The van der Waals surface area contributed by atoms with E-state index in [0.29, 0.717) is 21.8 Å². The van der Waals surface area contributed by atoms with E-state index in [9.17, 15) is 18.3 Å². The third-order valence-corrected chi connectivity index (χ3v) is 4.93. The van der Waals surface area contributed by atoms with Gasteiger partial charge in [0.25, 0.3) is 0 Å². The highest BCUT2D eigenvalue weighted by molar-refractivity contribution is 7.99. The zero-order chi connectivity index (χ0) is 17.3. The minimum absolute atomic E-state index is 0.0217. The maximum Gasteiger partial charge on any atom is 0.452 e. The van der Waals surface area contributed by atoms with Gasteiger partial charge in [0.05, 0.1) is 11.0 Å². The molecule has 128 valence electrons. The Morgan fingerprint density at radius 3 is 2.67 bits per heavy atom. The second-order valence-electron chi connectivity index (χ2n) is 5.35. The third-order valence-electron chi connectivity index (χ3n) is 3.74. The van der Waals surface area contributed by atoms with Gasteiger partial charge in [-0.1, -0.05) is 25.5 Å². The van der Waals surface area contributed by atoms with E-state index < -0.39 is 12.0 Å². The number of rotatable bonds is 5. The molecule has 3 rings (SSSR count). The van der Waals surface area contributed by atoms with E-state index in [1.807, 2.05) is 6.92 Å². The smallest absolute Gasteiger partial charge is 0.396 e. The standard InChI is InChI=1S/C15H15F3N4OS/c1-2-9(7-23)8-24-13-12-20-21-14(15(16,17)18)22(12)11-6-4-3-5-10(11)19-13/h3-6,9,23H,2,7-8H2,1H3. The van der Waals surface area contributed by atoms with Gasteiger partial charge in [0.1, 0.15) is 5.03 Å². The predicted octanol–water partition coefficient (Wildman–Crippen LogP) is 3.41. The van der Waals surface area contributed by atoms with Crippen molar-refractivity contribution >= 4 is 28.4 Å². The molecule has 1 unspecified atom stereocenters. The number of aliphatic hydroxyl groups excluding tert-OH is 1. The van der Waals surface area contributed by atoms with E-state index in [1.165, 1.54) is 11.8 Å². The first-order chi connectivity index (χ1) is 11.5. The van der Waals surface area contributed by atoms with Gasteiger partial charge >= 0.3 is 6.18 Å². The Kier molecular flexibility index (Phi) is 4.64. The lowest BCUT2D eigenvalue weighted by atomic mass is 10.1. The maximum absolute atomic E-state index is 13.3. The summed E-state index contributed by atoms with van der Waals surface area (Å²) in [5, 5.41) is 16.7. The SMILES string of the molecule is CCC(CO)CSc1nc2ccccc2n2c(C(F)(F)F)nnc12. The largest absolute Gasteiger partial charge is 0.452 e. The molecule has 0 aliphatic heterocycles. The van der Waals surface area contributed by atoms with Crippen LogP contribution >= 0.6 is 11.8 Å². The average molecular weight is 356 g/mol. The average Bonchev–Trinajstić information content (AvgIpc) is 3.01. The highest BCUT2D eigenvalue weighted by Crippen LogP contribution is 2.33. The number of aromatic nitrogens is 4. The summed E-state index contributed by atoms with van der Waals surface area (Å²) in [5.74, 6) is -0.470. The Bertz CT molecular complexity index is 861. The molecule has 0 amide bonds. The van der Waals surface area contributed by atoms with Crippen LogP contribution in [0.25, 0.3) is 16.7 Å². The van der Waals surface area contributed by atoms with Crippen LogP contribution in [0.5, 0.6) is 0 Å². The number of hydrogen-bond donors (Lipinski definition) is 1. The lowest BCUT2D eigenvalue weighted by molar-refractivity contribution is -0.145. The molecule has 2 aromatic heterocycles. The molecule has 24 heavy (non-hydrogen) atoms. The fourth-order valence-corrected chi connectivity index (χ4v) is 3.49. The second-order valence-corrected chi connectivity index (χ2v) is 6.36. The number of hydrogen-bond acceptors (Lipinski definition) is 5. The van der Waals surface area contributed by atoms with Crippen LogP contribution in [0, 0.1) is 5.92 Å². The molecule has 3 aromatic rings. The fourth-order valence-electron chi connectivity index (χ4n) is 2.34. The molecule has 0 spiro atoms. The topological polar surface area (TPSA) is 63.3 Å². The lowest BCUT2D eigenvalue weighted by Crippen LogP contribution is -2.12. The minimum Gasteiger partial charge on any atom is -0.396 e. The van der Waals surface area contributed by atoms with Gasteiger partial charge in [0, 0.05) is 12.4 Å². The summed E-state index contributed by atoms with van der Waals surface area (Å²) in [6.45, 7) is 1.97. The number of halogens is 3. The van der Waals surface area contributed by atoms with Crippen LogP contribution < -0.4 is 0 Å². The molecule has 0 aliphatic rings. The molecular formula is C15H15F3N4OS. The van der Waals surface area contributed by atoms with Crippen LogP contribution in [-0.2, 0) is 6.18 Å². The van der Waals surface area contributed by atoms with E-state index in [2.05, 4.69) is 15.2 Å². The number of nitrogens with zero attached hydrogens (tertiary/aromatic N) is 4. The zero-order valence-corrected chi connectivity index (χ0v) is 13.6. The van der Waals surface area contributed by atoms with Crippen molar-refractivity contribution in [2.45, 2.75) is 24.5 Å². The number of fused-ring (bicyclic) bond motifs is 3. The predicted molar refractivity (Wildman–Crippen MR) is 84.9 cm³/mol. The Labute approximate surface area is 139 Å². The van der Waals surface area contributed by atoms with E-state index in [4.69, 9.17) is 0 Å². The van der Waals surface area contributed by atoms with Crippen molar-refractivity contribution in [3.05, 3.63) is 30.1 Å².